The van der Waals surface area contributed by atoms with Crippen molar-refractivity contribution in [3.05, 3.63) is 35.6 Å². The van der Waals surface area contributed by atoms with Crippen molar-refractivity contribution < 1.29 is 14.0 Å². The highest BCUT2D eigenvalue weighted by Gasteiger charge is 2.40. The highest BCUT2D eigenvalue weighted by Crippen LogP contribution is 2.43. The first-order valence-corrected chi connectivity index (χ1v) is 7.33. The summed E-state index contributed by atoms with van der Waals surface area (Å²) in [6.45, 7) is 1.16. The number of carbonyl (C=O) groups is 2. The molecule has 2 heterocycles. The number of hydrogen-bond acceptors (Lipinski definition) is 4. The number of nitrogens with two attached hydrogens (primary N) is 2. The smallest absolute Gasteiger partial charge is 0.252 e. The summed E-state index contributed by atoms with van der Waals surface area (Å²) in [5, 5.41) is 4.38. The second-order valence-corrected chi connectivity index (χ2v) is 5.86. The van der Waals surface area contributed by atoms with Crippen LogP contribution in [-0.2, 0) is 4.79 Å². The van der Waals surface area contributed by atoms with Crippen LogP contribution in [0.2, 0.25) is 0 Å². The summed E-state index contributed by atoms with van der Waals surface area (Å²) < 4.78 is 5.47. The van der Waals surface area contributed by atoms with Crippen LogP contribution in [0.25, 0.3) is 11.0 Å². The topological polar surface area (TPSA) is 111 Å². The lowest BCUT2D eigenvalue weighted by atomic mass is 9.91. The molecule has 3 atom stereocenters. The van der Waals surface area contributed by atoms with Crippen LogP contribution in [-0.4, -0.2) is 24.9 Å². The molecule has 1 aromatic heterocycles. The number of nitrogens with one attached hydrogen (secondary N) is 1. The molecule has 0 spiro atoms. The number of primary amides is 2. The molecule has 1 saturated heterocycles. The van der Waals surface area contributed by atoms with Gasteiger partial charge in [0.25, 0.3) is 5.91 Å². The minimum atomic E-state index is -0.437. The molecule has 1 aliphatic carbocycles. The van der Waals surface area contributed by atoms with E-state index in [2.05, 4.69) is 23.2 Å². The van der Waals surface area contributed by atoms with E-state index in [-0.39, 0.29) is 6.41 Å². The molecule has 4 rings (SSSR count). The number of fused-ring (bicyclic) bond motifs is 3. The molecule has 0 radical (unpaired) electrons. The molecule has 22 heavy (non-hydrogen) atoms. The average molecular weight is 301 g/mol. The molecule has 3 unspecified atom stereocenters. The summed E-state index contributed by atoms with van der Waals surface area (Å²) >= 11 is 0. The Labute approximate surface area is 127 Å². The first-order chi connectivity index (χ1) is 10.6. The summed E-state index contributed by atoms with van der Waals surface area (Å²) in [6.07, 6.45) is 4.25. The van der Waals surface area contributed by atoms with Crippen molar-refractivity contribution in [2.45, 2.75) is 24.8 Å². The van der Waals surface area contributed by atoms with Gasteiger partial charge in [-0.05, 0) is 42.9 Å². The Morgan fingerprint density at radius 3 is 2.73 bits per heavy atom. The fraction of sp³-hybridized carbons (Fsp3) is 0.375. The predicted molar refractivity (Wildman–Crippen MR) is 82.2 cm³/mol. The van der Waals surface area contributed by atoms with E-state index < -0.39 is 5.91 Å². The minimum Gasteiger partial charge on any atom is -0.463 e. The van der Waals surface area contributed by atoms with E-state index in [9.17, 15) is 4.79 Å². The highest BCUT2D eigenvalue weighted by atomic mass is 16.3. The Morgan fingerprint density at radius 2 is 2.14 bits per heavy atom. The molecule has 6 heteroatoms. The molecule has 2 fully saturated rings. The quantitative estimate of drug-likeness (QED) is 0.721. The van der Waals surface area contributed by atoms with Crippen LogP contribution >= 0.6 is 0 Å². The van der Waals surface area contributed by atoms with Crippen molar-refractivity contribution >= 4 is 23.3 Å². The third-order valence-corrected chi connectivity index (χ3v) is 4.62. The van der Waals surface area contributed by atoms with Gasteiger partial charge in [0.1, 0.15) is 11.8 Å². The van der Waals surface area contributed by atoms with Crippen molar-refractivity contribution in [2.24, 2.45) is 17.4 Å². The molecular formula is C16H19N3O3. The molecule has 2 bridgehead atoms. The van der Waals surface area contributed by atoms with Gasteiger partial charge in [-0.2, -0.15) is 0 Å². The Hall–Kier alpha value is -2.34. The molecule has 1 aromatic carbocycles. The van der Waals surface area contributed by atoms with E-state index in [1.807, 2.05) is 6.07 Å². The maximum Gasteiger partial charge on any atom is 0.252 e. The number of piperidine rings is 1. The van der Waals surface area contributed by atoms with Gasteiger partial charge in [0, 0.05) is 11.4 Å². The SMILES string of the molecule is NC(=O)c1coc2cc(C3CC4CNC3C4)ccc12.NC=O. The zero-order valence-electron chi connectivity index (χ0n) is 12.1. The summed E-state index contributed by atoms with van der Waals surface area (Å²) in [5.41, 5.74) is 12.0. The summed E-state index contributed by atoms with van der Waals surface area (Å²) in [7, 11) is 0. The van der Waals surface area contributed by atoms with Crippen LogP contribution in [0.4, 0.5) is 0 Å². The Kier molecular flexibility index (Phi) is 3.85. The van der Waals surface area contributed by atoms with Gasteiger partial charge in [0.05, 0.1) is 5.56 Å². The first-order valence-electron chi connectivity index (χ1n) is 7.33. The lowest BCUT2D eigenvalue weighted by Gasteiger charge is -2.23. The second-order valence-electron chi connectivity index (χ2n) is 5.86. The van der Waals surface area contributed by atoms with Gasteiger partial charge >= 0.3 is 0 Å². The van der Waals surface area contributed by atoms with Gasteiger partial charge in [0.15, 0.2) is 0 Å². The Morgan fingerprint density at radius 1 is 1.36 bits per heavy atom. The zero-order valence-corrected chi connectivity index (χ0v) is 12.1. The summed E-state index contributed by atoms with van der Waals surface area (Å²) in [5.74, 6) is 0.960. The molecule has 1 saturated carbocycles. The van der Waals surface area contributed by atoms with Crippen LogP contribution in [0.3, 0.4) is 0 Å². The lowest BCUT2D eigenvalue weighted by molar-refractivity contribution is -0.106. The molecule has 2 aromatic rings. The fourth-order valence-corrected chi connectivity index (χ4v) is 3.69. The van der Waals surface area contributed by atoms with E-state index in [0.29, 0.717) is 17.5 Å². The number of amides is 2. The van der Waals surface area contributed by atoms with Crippen LogP contribution in [0.15, 0.2) is 28.9 Å². The summed E-state index contributed by atoms with van der Waals surface area (Å²) in [4.78, 5) is 19.9. The molecule has 2 aliphatic rings. The first kappa shape index (κ1) is 14.6. The van der Waals surface area contributed by atoms with Gasteiger partial charge in [-0.25, -0.2) is 0 Å². The molecule has 5 N–H and O–H groups in total. The molecule has 1 aliphatic heterocycles. The van der Waals surface area contributed by atoms with Gasteiger partial charge in [-0.3, -0.25) is 9.59 Å². The summed E-state index contributed by atoms with van der Waals surface area (Å²) in [6, 6.07) is 6.74. The van der Waals surface area contributed by atoms with E-state index in [0.717, 1.165) is 23.4 Å². The zero-order chi connectivity index (χ0) is 15.7. The third-order valence-electron chi connectivity index (χ3n) is 4.62. The third kappa shape index (κ3) is 2.46. The van der Waals surface area contributed by atoms with Crippen LogP contribution in [0.5, 0.6) is 0 Å². The Balaban J connectivity index is 0.000000446. The standard InChI is InChI=1S/C15H16N2O2.CH3NO/c16-15(18)12-7-19-14-5-9(1-2-10(12)14)11-3-8-4-13(11)17-6-8;2-1-3/h1-2,5,7-8,11,13,17H,3-4,6H2,(H2,16,18);1H,(H2,2,3). The van der Waals surface area contributed by atoms with E-state index in [1.54, 1.807) is 0 Å². The maximum absolute atomic E-state index is 11.3. The van der Waals surface area contributed by atoms with E-state index in [1.165, 1.54) is 24.7 Å². The Bertz CT molecular complexity index is 710. The predicted octanol–water partition coefficient (Wildman–Crippen LogP) is 1.10. The maximum atomic E-state index is 11.3. The minimum absolute atomic E-state index is 0.250. The normalized spacial score (nSPS) is 25.7. The van der Waals surface area contributed by atoms with E-state index >= 15 is 0 Å². The number of benzene rings is 1. The number of hydrogen-bond donors (Lipinski definition) is 3. The van der Waals surface area contributed by atoms with Crippen LogP contribution in [0.1, 0.15) is 34.7 Å². The largest absolute Gasteiger partial charge is 0.463 e. The number of furan rings is 1. The van der Waals surface area contributed by atoms with Crippen molar-refractivity contribution in [2.75, 3.05) is 6.54 Å². The van der Waals surface area contributed by atoms with Crippen molar-refractivity contribution in [1.29, 1.82) is 0 Å². The highest BCUT2D eigenvalue weighted by molar-refractivity contribution is 6.05. The van der Waals surface area contributed by atoms with Crippen LogP contribution in [0, 0.1) is 5.92 Å². The van der Waals surface area contributed by atoms with Crippen LogP contribution < -0.4 is 16.8 Å². The fourth-order valence-electron chi connectivity index (χ4n) is 3.69. The van der Waals surface area contributed by atoms with Gasteiger partial charge in [-0.15, -0.1) is 0 Å². The van der Waals surface area contributed by atoms with E-state index in [4.69, 9.17) is 14.9 Å². The molecule has 2 amide bonds. The van der Waals surface area contributed by atoms with Gasteiger partial charge in [0.2, 0.25) is 6.41 Å². The van der Waals surface area contributed by atoms with Crippen molar-refractivity contribution in [1.82, 2.24) is 5.32 Å². The van der Waals surface area contributed by atoms with Gasteiger partial charge in [-0.1, -0.05) is 12.1 Å². The number of rotatable bonds is 2. The van der Waals surface area contributed by atoms with Gasteiger partial charge < -0.3 is 21.2 Å². The lowest BCUT2D eigenvalue weighted by Crippen LogP contribution is -2.31. The molecule has 116 valence electrons. The van der Waals surface area contributed by atoms with Crippen molar-refractivity contribution in [3.8, 4) is 0 Å². The molecule has 6 nitrogen and oxygen atoms in total. The van der Waals surface area contributed by atoms with Crippen molar-refractivity contribution in [3.63, 3.8) is 0 Å². The number of carbonyl (C=O) groups excluding carboxylic acids is 2. The second kappa shape index (κ2) is 5.81. The monoisotopic (exact) mass is 301 g/mol. The average Bonchev–Trinajstić information content (AvgIpc) is 3.21. The molecular weight excluding hydrogens is 282 g/mol.